The van der Waals surface area contributed by atoms with Gasteiger partial charge in [-0.2, -0.15) is 0 Å². The SMILES string of the molecule is CCC(CO)Nc1ccc2nnnn2n1. The minimum atomic E-state index is 0.00595. The van der Waals surface area contributed by atoms with Crippen molar-refractivity contribution >= 4 is 11.5 Å². The Morgan fingerprint density at radius 1 is 1.53 bits per heavy atom. The van der Waals surface area contributed by atoms with Crippen molar-refractivity contribution in [3.8, 4) is 0 Å². The fourth-order valence-corrected chi connectivity index (χ4v) is 1.21. The average Bonchev–Trinajstić information content (AvgIpc) is 2.73. The Morgan fingerprint density at radius 2 is 2.40 bits per heavy atom. The first kappa shape index (κ1) is 9.78. The Bertz CT molecular complexity index is 437. The van der Waals surface area contributed by atoms with Gasteiger partial charge in [0, 0.05) is 0 Å². The van der Waals surface area contributed by atoms with Crippen LogP contribution in [0.15, 0.2) is 12.1 Å². The molecule has 0 fully saturated rings. The molecule has 7 heteroatoms. The zero-order chi connectivity index (χ0) is 10.7. The first-order valence-electron chi connectivity index (χ1n) is 4.76. The molecule has 2 aromatic heterocycles. The third kappa shape index (κ3) is 2.01. The van der Waals surface area contributed by atoms with E-state index in [-0.39, 0.29) is 12.6 Å². The van der Waals surface area contributed by atoms with E-state index in [0.29, 0.717) is 11.5 Å². The van der Waals surface area contributed by atoms with Crippen molar-refractivity contribution in [2.45, 2.75) is 19.4 Å². The Morgan fingerprint density at radius 3 is 3.13 bits per heavy atom. The molecule has 7 nitrogen and oxygen atoms in total. The molecule has 2 rings (SSSR count). The van der Waals surface area contributed by atoms with E-state index in [2.05, 4.69) is 25.9 Å². The van der Waals surface area contributed by atoms with Gasteiger partial charge in [0.1, 0.15) is 5.82 Å². The van der Waals surface area contributed by atoms with E-state index in [1.165, 1.54) is 4.63 Å². The minimum Gasteiger partial charge on any atom is -0.394 e. The summed E-state index contributed by atoms with van der Waals surface area (Å²) in [6.45, 7) is 2.06. The number of hydrogen-bond acceptors (Lipinski definition) is 6. The topological polar surface area (TPSA) is 88.2 Å². The van der Waals surface area contributed by atoms with Crippen LogP contribution in [0.4, 0.5) is 5.82 Å². The van der Waals surface area contributed by atoms with Crippen molar-refractivity contribution in [2.75, 3.05) is 11.9 Å². The number of aromatic nitrogens is 5. The van der Waals surface area contributed by atoms with Crippen molar-refractivity contribution < 1.29 is 5.11 Å². The second-order valence-corrected chi connectivity index (χ2v) is 3.18. The molecule has 0 amide bonds. The van der Waals surface area contributed by atoms with Crippen LogP contribution in [0.1, 0.15) is 13.3 Å². The second kappa shape index (κ2) is 4.18. The van der Waals surface area contributed by atoms with Crippen molar-refractivity contribution in [3.05, 3.63) is 12.1 Å². The lowest BCUT2D eigenvalue weighted by molar-refractivity contribution is 0.271. The molecule has 2 heterocycles. The first-order chi connectivity index (χ1) is 7.33. The molecule has 0 bridgehead atoms. The van der Waals surface area contributed by atoms with Crippen LogP contribution < -0.4 is 5.32 Å². The molecule has 1 unspecified atom stereocenters. The summed E-state index contributed by atoms with van der Waals surface area (Å²) in [6, 6.07) is 3.55. The summed E-state index contributed by atoms with van der Waals surface area (Å²) < 4.78 is 1.34. The van der Waals surface area contributed by atoms with E-state index in [1.807, 2.05) is 6.92 Å². The van der Waals surface area contributed by atoms with Gasteiger partial charge in [-0.25, -0.2) is 0 Å². The number of nitrogens with zero attached hydrogens (tertiary/aromatic N) is 5. The van der Waals surface area contributed by atoms with E-state index in [1.54, 1.807) is 12.1 Å². The van der Waals surface area contributed by atoms with Crippen LogP contribution >= 0.6 is 0 Å². The van der Waals surface area contributed by atoms with Gasteiger partial charge in [0.15, 0.2) is 5.65 Å². The van der Waals surface area contributed by atoms with Gasteiger partial charge in [0.25, 0.3) is 0 Å². The molecular formula is C8H12N6O. The number of tetrazole rings is 1. The zero-order valence-electron chi connectivity index (χ0n) is 8.33. The Hall–Kier alpha value is -1.76. The van der Waals surface area contributed by atoms with E-state index in [4.69, 9.17) is 5.11 Å². The number of rotatable bonds is 4. The molecule has 0 radical (unpaired) electrons. The molecule has 0 aliphatic carbocycles. The van der Waals surface area contributed by atoms with Gasteiger partial charge in [-0.15, -0.1) is 14.8 Å². The minimum absolute atomic E-state index is 0.00595. The summed E-state index contributed by atoms with van der Waals surface area (Å²) in [5, 5.41) is 27.1. The largest absolute Gasteiger partial charge is 0.394 e. The monoisotopic (exact) mass is 208 g/mol. The maximum absolute atomic E-state index is 9.02. The fourth-order valence-electron chi connectivity index (χ4n) is 1.21. The normalized spacial score (nSPS) is 12.9. The van der Waals surface area contributed by atoms with Crippen LogP contribution in [0.25, 0.3) is 5.65 Å². The third-order valence-corrected chi connectivity index (χ3v) is 2.13. The van der Waals surface area contributed by atoms with Crippen LogP contribution in [0.2, 0.25) is 0 Å². The van der Waals surface area contributed by atoms with Gasteiger partial charge in [-0.05, 0) is 29.0 Å². The van der Waals surface area contributed by atoms with Crippen LogP contribution in [-0.2, 0) is 0 Å². The highest BCUT2D eigenvalue weighted by Crippen LogP contribution is 2.06. The van der Waals surface area contributed by atoms with Crippen molar-refractivity contribution in [2.24, 2.45) is 0 Å². The van der Waals surface area contributed by atoms with E-state index < -0.39 is 0 Å². The summed E-state index contributed by atoms with van der Waals surface area (Å²) in [7, 11) is 0. The van der Waals surface area contributed by atoms with Gasteiger partial charge >= 0.3 is 0 Å². The average molecular weight is 208 g/mol. The lowest BCUT2D eigenvalue weighted by Gasteiger charge is -2.13. The summed E-state index contributed by atoms with van der Waals surface area (Å²) >= 11 is 0. The Kier molecular flexibility index (Phi) is 2.72. The molecule has 0 aliphatic rings. The molecule has 1 atom stereocenters. The number of nitrogens with one attached hydrogen (secondary N) is 1. The number of aliphatic hydroxyl groups excluding tert-OH is 1. The number of hydrogen-bond donors (Lipinski definition) is 2. The van der Waals surface area contributed by atoms with Gasteiger partial charge in [-0.1, -0.05) is 6.92 Å². The Labute approximate surface area is 86.1 Å². The summed E-state index contributed by atoms with van der Waals surface area (Å²) in [5.74, 6) is 0.649. The molecule has 0 saturated carbocycles. The summed E-state index contributed by atoms with van der Waals surface area (Å²) in [6.07, 6.45) is 0.825. The van der Waals surface area contributed by atoms with Gasteiger partial charge in [-0.3, -0.25) is 0 Å². The van der Waals surface area contributed by atoms with Crippen LogP contribution in [0.3, 0.4) is 0 Å². The lowest BCUT2D eigenvalue weighted by Crippen LogP contribution is -2.23. The van der Waals surface area contributed by atoms with Gasteiger partial charge in [0.05, 0.1) is 12.6 Å². The van der Waals surface area contributed by atoms with E-state index in [9.17, 15) is 0 Å². The highest BCUT2D eigenvalue weighted by molar-refractivity contribution is 5.42. The number of fused-ring (bicyclic) bond motifs is 1. The van der Waals surface area contributed by atoms with Gasteiger partial charge < -0.3 is 10.4 Å². The molecule has 2 aromatic rings. The maximum atomic E-state index is 9.02. The predicted octanol–water partition coefficient (Wildman–Crippen LogP) is -0.298. The lowest BCUT2D eigenvalue weighted by atomic mass is 10.2. The number of anilines is 1. The molecule has 0 saturated heterocycles. The molecule has 0 aliphatic heterocycles. The molecule has 15 heavy (non-hydrogen) atoms. The predicted molar refractivity (Wildman–Crippen MR) is 53.4 cm³/mol. The molecule has 80 valence electrons. The standard InChI is InChI=1S/C8H12N6O/c1-2-6(5-15)9-7-3-4-8-10-12-13-14(8)11-7/h3-4,6,15H,2,5H2,1H3,(H,9,11). The summed E-state index contributed by atoms with van der Waals surface area (Å²) in [5.41, 5.74) is 0.595. The van der Waals surface area contributed by atoms with Crippen molar-refractivity contribution in [1.29, 1.82) is 0 Å². The molecule has 0 aromatic carbocycles. The molecule has 2 N–H and O–H groups in total. The zero-order valence-corrected chi connectivity index (χ0v) is 8.33. The van der Waals surface area contributed by atoms with Crippen molar-refractivity contribution in [1.82, 2.24) is 25.3 Å². The molecule has 0 spiro atoms. The quantitative estimate of drug-likeness (QED) is 0.717. The summed E-state index contributed by atoms with van der Waals surface area (Å²) in [4.78, 5) is 0. The highest BCUT2D eigenvalue weighted by Gasteiger charge is 2.06. The van der Waals surface area contributed by atoms with Gasteiger partial charge in [0.2, 0.25) is 0 Å². The second-order valence-electron chi connectivity index (χ2n) is 3.18. The maximum Gasteiger partial charge on any atom is 0.200 e. The smallest absolute Gasteiger partial charge is 0.200 e. The van der Waals surface area contributed by atoms with Crippen LogP contribution in [0.5, 0.6) is 0 Å². The fraction of sp³-hybridized carbons (Fsp3) is 0.500. The Balaban J connectivity index is 2.20. The van der Waals surface area contributed by atoms with Crippen LogP contribution in [0, 0.1) is 0 Å². The van der Waals surface area contributed by atoms with Crippen molar-refractivity contribution in [3.63, 3.8) is 0 Å². The van der Waals surface area contributed by atoms with Crippen LogP contribution in [-0.4, -0.2) is 43.0 Å². The number of aliphatic hydroxyl groups is 1. The first-order valence-corrected chi connectivity index (χ1v) is 4.76. The van der Waals surface area contributed by atoms with E-state index >= 15 is 0 Å². The highest BCUT2D eigenvalue weighted by atomic mass is 16.3. The molecular weight excluding hydrogens is 196 g/mol. The van der Waals surface area contributed by atoms with E-state index in [0.717, 1.165) is 6.42 Å². The third-order valence-electron chi connectivity index (χ3n) is 2.13.